The first-order valence-corrected chi connectivity index (χ1v) is 9.62. The third kappa shape index (κ3) is 1.94. The highest BCUT2D eigenvalue weighted by Crippen LogP contribution is 2.70. The minimum Gasteiger partial charge on any atom is -0.393 e. The van der Waals surface area contributed by atoms with E-state index in [-0.39, 0.29) is 28.3 Å². The van der Waals surface area contributed by atoms with Crippen LogP contribution in [0.5, 0.6) is 0 Å². The summed E-state index contributed by atoms with van der Waals surface area (Å²) >= 11 is 0. The van der Waals surface area contributed by atoms with E-state index >= 15 is 0 Å². The molecule has 0 aromatic heterocycles. The van der Waals surface area contributed by atoms with Crippen molar-refractivity contribution < 1.29 is 9.90 Å². The number of hydrogen-bond acceptors (Lipinski definition) is 2. The van der Waals surface area contributed by atoms with E-state index in [1.165, 1.54) is 19.3 Å². The maximum absolute atomic E-state index is 13.4. The van der Waals surface area contributed by atoms with Crippen LogP contribution in [0.1, 0.15) is 72.6 Å². The molecule has 3 fully saturated rings. The first kappa shape index (κ1) is 15.9. The molecule has 1 spiro atoms. The van der Waals surface area contributed by atoms with Gasteiger partial charge in [-0.15, -0.1) is 0 Å². The predicted molar refractivity (Wildman–Crippen MR) is 91.9 cm³/mol. The summed E-state index contributed by atoms with van der Waals surface area (Å²) in [5.41, 5.74) is 1.30. The number of allylic oxidation sites excluding steroid dienone is 2. The van der Waals surface area contributed by atoms with Gasteiger partial charge in [-0.1, -0.05) is 32.4 Å². The largest absolute Gasteiger partial charge is 0.393 e. The summed E-state index contributed by atoms with van der Waals surface area (Å²) in [6.07, 6.45) is 9.63. The third-order valence-corrected chi connectivity index (χ3v) is 8.35. The molecule has 0 aliphatic heterocycles. The highest BCUT2D eigenvalue weighted by atomic mass is 16.3. The van der Waals surface area contributed by atoms with Crippen molar-refractivity contribution in [1.29, 1.82) is 0 Å². The zero-order chi connectivity index (χ0) is 16.6. The number of aliphatic hydroxyl groups excluding tert-OH is 1. The Morgan fingerprint density at radius 3 is 2.61 bits per heavy atom. The molecule has 0 saturated heterocycles. The molecule has 0 unspecified atom stereocenters. The molecule has 4 aliphatic rings. The Hall–Kier alpha value is -0.630. The molecule has 3 saturated carbocycles. The van der Waals surface area contributed by atoms with Crippen molar-refractivity contribution in [3.63, 3.8) is 0 Å². The molecule has 128 valence electrons. The van der Waals surface area contributed by atoms with E-state index in [0.717, 1.165) is 31.6 Å². The molecular weight excluding hydrogens is 284 g/mol. The van der Waals surface area contributed by atoms with Gasteiger partial charge < -0.3 is 5.11 Å². The van der Waals surface area contributed by atoms with Crippen LogP contribution in [0.4, 0.5) is 0 Å². The van der Waals surface area contributed by atoms with E-state index in [2.05, 4.69) is 33.8 Å². The highest BCUT2D eigenvalue weighted by molar-refractivity contribution is 5.88. The molecule has 1 N–H and O–H groups in total. The Balaban J connectivity index is 1.82. The summed E-state index contributed by atoms with van der Waals surface area (Å²) in [7, 11) is 0. The third-order valence-electron chi connectivity index (χ3n) is 8.35. The second-order valence-corrected chi connectivity index (χ2v) is 9.93. The maximum Gasteiger partial charge on any atom is 0.142 e. The molecule has 4 aliphatic carbocycles. The van der Waals surface area contributed by atoms with Crippen LogP contribution in [0.2, 0.25) is 0 Å². The summed E-state index contributed by atoms with van der Waals surface area (Å²) in [5.74, 6) is 1.69. The van der Waals surface area contributed by atoms with Gasteiger partial charge in [-0.05, 0) is 69.1 Å². The number of fused-ring (bicyclic) bond motifs is 3. The van der Waals surface area contributed by atoms with Gasteiger partial charge in [0, 0.05) is 16.7 Å². The van der Waals surface area contributed by atoms with Gasteiger partial charge in [-0.3, -0.25) is 4.79 Å². The highest BCUT2D eigenvalue weighted by Gasteiger charge is 2.67. The summed E-state index contributed by atoms with van der Waals surface area (Å²) in [6, 6.07) is 0. The van der Waals surface area contributed by atoms with Gasteiger partial charge in [-0.25, -0.2) is 0 Å². The van der Waals surface area contributed by atoms with Crippen LogP contribution in [0.3, 0.4) is 0 Å². The lowest BCUT2D eigenvalue weighted by Crippen LogP contribution is -2.49. The fraction of sp³-hybridized carbons (Fsp3) is 0.857. The van der Waals surface area contributed by atoms with E-state index in [4.69, 9.17) is 0 Å². The van der Waals surface area contributed by atoms with E-state index in [1.807, 2.05) is 0 Å². The van der Waals surface area contributed by atoms with E-state index in [1.54, 1.807) is 5.57 Å². The number of hydrogen-bond donors (Lipinski definition) is 1. The smallest absolute Gasteiger partial charge is 0.142 e. The van der Waals surface area contributed by atoms with Crippen molar-refractivity contribution in [2.75, 3.05) is 0 Å². The predicted octanol–water partition coefficient (Wildman–Crippen LogP) is 4.52. The number of aliphatic hydroxyl groups is 1. The Morgan fingerprint density at radius 1 is 1.13 bits per heavy atom. The van der Waals surface area contributed by atoms with Gasteiger partial charge in [0.25, 0.3) is 0 Å². The molecular formula is C21H32O2. The number of Topliss-reactive ketones (excluding diaryl/α,β-unsaturated/α-hetero) is 1. The normalized spacial score (nSPS) is 51.5. The molecule has 2 nitrogen and oxygen atoms in total. The summed E-state index contributed by atoms with van der Waals surface area (Å²) in [4.78, 5) is 13.4. The van der Waals surface area contributed by atoms with Crippen LogP contribution in [-0.4, -0.2) is 17.0 Å². The molecule has 0 amide bonds. The minimum absolute atomic E-state index is 0.0405. The average molecular weight is 316 g/mol. The second kappa shape index (κ2) is 4.71. The second-order valence-electron chi connectivity index (χ2n) is 9.93. The van der Waals surface area contributed by atoms with Crippen molar-refractivity contribution in [3.05, 3.63) is 11.6 Å². The number of rotatable bonds is 0. The molecule has 0 radical (unpaired) electrons. The monoisotopic (exact) mass is 316 g/mol. The zero-order valence-corrected chi connectivity index (χ0v) is 15.2. The van der Waals surface area contributed by atoms with Gasteiger partial charge in [0.05, 0.1) is 6.10 Å². The average Bonchev–Trinajstić information content (AvgIpc) is 2.88. The van der Waals surface area contributed by atoms with Crippen molar-refractivity contribution in [2.45, 2.75) is 78.7 Å². The molecule has 0 heterocycles. The fourth-order valence-electron chi connectivity index (χ4n) is 7.02. The van der Waals surface area contributed by atoms with Crippen LogP contribution in [0, 0.1) is 34.0 Å². The quantitative estimate of drug-likeness (QED) is 0.667. The zero-order valence-electron chi connectivity index (χ0n) is 15.2. The maximum atomic E-state index is 13.4. The van der Waals surface area contributed by atoms with Crippen LogP contribution in [0.15, 0.2) is 11.6 Å². The Morgan fingerprint density at radius 2 is 1.87 bits per heavy atom. The summed E-state index contributed by atoms with van der Waals surface area (Å²) < 4.78 is 0. The van der Waals surface area contributed by atoms with Crippen LogP contribution >= 0.6 is 0 Å². The van der Waals surface area contributed by atoms with Crippen molar-refractivity contribution >= 4 is 5.78 Å². The molecule has 23 heavy (non-hydrogen) atoms. The van der Waals surface area contributed by atoms with Crippen LogP contribution in [-0.2, 0) is 4.79 Å². The molecule has 2 bridgehead atoms. The van der Waals surface area contributed by atoms with E-state index in [0.29, 0.717) is 11.7 Å². The standard InChI is InChI=1S/C21H32O2/c1-13-10-21-11-14(13)7-8-16(21)20(4)15(12-21)18(23)19(2,3)9-5-6-17(20)22/h10,14-17,22H,5-9,11-12H2,1-4H3/t14-,15+,16+,17+,20-,21-/m1/s1. The summed E-state index contributed by atoms with van der Waals surface area (Å²) in [6.45, 7) is 8.80. The van der Waals surface area contributed by atoms with Crippen molar-refractivity contribution in [1.82, 2.24) is 0 Å². The first-order valence-electron chi connectivity index (χ1n) is 9.62. The number of carbonyl (C=O) groups is 1. The fourth-order valence-corrected chi connectivity index (χ4v) is 7.02. The van der Waals surface area contributed by atoms with Gasteiger partial charge in [0.1, 0.15) is 5.78 Å². The van der Waals surface area contributed by atoms with Crippen LogP contribution < -0.4 is 0 Å². The topological polar surface area (TPSA) is 37.3 Å². The van der Waals surface area contributed by atoms with Crippen molar-refractivity contribution in [3.8, 4) is 0 Å². The minimum atomic E-state index is -0.317. The molecule has 0 aromatic carbocycles. The lowest BCUT2D eigenvalue weighted by molar-refractivity contribution is -0.143. The first-order chi connectivity index (χ1) is 10.7. The number of carbonyl (C=O) groups excluding carboxylic acids is 1. The number of ketones is 1. The molecule has 6 atom stereocenters. The Bertz CT molecular complexity index is 574. The van der Waals surface area contributed by atoms with Gasteiger partial charge in [0.2, 0.25) is 0 Å². The molecule has 4 rings (SSSR count). The van der Waals surface area contributed by atoms with E-state index in [9.17, 15) is 9.90 Å². The SMILES string of the molecule is CC1=C[C@]23C[C@H]1CC[C@H]2[C@]1(C)[C@@H](O)CCCC(C)(C)C(=O)[C@@H]1C3. The van der Waals surface area contributed by atoms with Gasteiger partial charge in [0.15, 0.2) is 0 Å². The molecule has 2 heteroatoms. The van der Waals surface area contributed by atoms with Gasteiger partial charge >= 0.3 is 0 Å². The lowest BCUT2D eigenvalue weighted by Gasteiger charge is -2.48. The van der Waals surface area contributed by atoms with Crippen molar-refractivity contribution in [2.24, 2.45) is 34.0 Å². The Labute approximate surface area is 140 Å². The molecule has 0 aromatic rings. The Kier molecular flexibility index (Phi) is 3.25. The lowest BCUT2D eigenvalue weighted by atomic mass is 9.57. The van der Waals surface area contributed by atoms with Gasteiger partial charge in [-0.2, -0.15) is 0 Å². The van der Waals surface area contributed by atoms with E-state index < -0.39 is 0 Å². The summed E-state index contributed by atoms with van der Waals surface area (Å²) in [5, 5.41) is 11.1. The van der Waals surface area contributed by atoms with Crippen LogP contribution in [0.25, 0.3) is 0 Å².